The normalized spacial score (nSPS) is 11.0. The Hall–Kier alpha value is -2.67. The number of fused-ring (bicyclic) bond motifs is 1. The number of nitrogens with zero attached hydrogens (tertiary/aromatic N) is 4. The highest BCUT2D eigenvalue weighted by Gasteiger charge is 2.14. The van der Waals surface area contributed by atoms with E-state index >= 15 is 0 Å². The Balaban J connectivity index is 1.63. The lowest BCUT2D eigenvalue weighted by molar-refractivity contribution is -0.144. The third-order valence-corrected chi connectivity index (χ3v) is 4.21. The van der Waals surface area contributed by atoms with Gasteiger partial charge in [-0.25, -0.2) is 4.98 Å². The van der Waals surface area contributed by atoms with Gasteiger partial charge in [0.15, 0.2) is 0 Å². The molecule has 1 aromatic carbocycles. The van der Waals surface area contributed by atoms with Crippen LogP contribution >= 0.6 is 11.6 Å². The van der Waals surface area contributed by atoms with Crippen molar-refractivity contribution in [2.75, 3.05) is 5.73 Å². The van der Waals surface area contributed by atoms with Crippen LogP contribution in [0.15, 0.2) is 24.3 Å². The van der Waals surface area contributed by atoms with Crippen molar-refractivity contribution in [1.82, 2.24) is 19.6 Å². The van der Waals surface area contributed by atoms with Gasteiger partial charge >= 0.3 is 5.97 Å². The number of carbonyl (C=O) groups is 1. The minimum atomic E-state index is -0.271. The number of hydrogen-bond donors (Lipinski definition) is 1. The quantitative estimate of drug-likeness (QED) is 0.703. The number of halogens is 1. The van der Waals surface area contributed by atoms with Crippen molar-refractivity contribution < 1.29 is 9.53 Å². The molecule has 0 unspecified atom stereocenters. The Bertz CT molecular complexity index is 921. The number of aromatic nitrogens is 4. The van der Waals surface area contributed by atoms with E-state index < -0.39 is 0 Å². The zero-order valence-corrected chi connectivity index (χ0v) is 14.7. The number of rotatable bonds is 5. The topological polar surface area (TPSA) is 95.4 Å². The maximum Gasteiger partial charge on any atom is 0.306 e. The summed E-state index contributed by atoms with van der Waals surface area (Å²) in [6.45, 7) is 4.02. The number of nitrogens with two attached hydrogens (primary N) is 1. The molecule has 0 spiro atoms. The number of anilines is 1. The molecule has 3 aromatic rings. The number of ether oxygens (including phenoxy) is 1. The van der Waals surface area contributed by atoms with Gasteiger partial charge < -0.3 is 10.5 Å². The molecule has 0 radical (unpaired) electrons. The van der Waals surface area contributed by atoms with Crippen LogP contribution in [0.1, 0.15) is 28.9 Å². The summed E-state index contributed by atoms with van der Waals surface area (Å²) >= 11 is 5.83. The summed E-state index contributed by atoms with van der Waals surface area (Å²) in [5.74, 6) is 0.364. The lowest BCUT2D eigenvalue weighted by Gasteiger charge is -2.10. The van der Waals surface area contributed by atoms with Crippen LogP contribution in [-0.4, -0.2) is 25.6 Å². The summed E-state index contributed by atoms with van der Waals surface area (Å²) in [5.41, 5.74) is 9.14. The second-order valence-corrected chi connectivity index (χ2v) is 6.17. The summed E-state index contributed by atoms with van der Waals surface area (Å²) < 4.78 is 6.90. The van der Waals surface area contributed by atoms with E-state index in [0.717, 1.165) is 22.5 Å². The predicted molar refractivity (Wildman–Crippen MR) is 94.2 cm³/mol. The molecule has 0 aliphatic rings. The van der Waals surface area contributed by atoms with Crippen molar-refractivity contribution in [2.24, 2.45) is 0 Å². The summed E-state index contributed by atoms with van der Waals surface area (Å²) in [7, 11) is 0. The van der Waals surface area contributed by atoms with Crippen LogP contribution in [0.4, 0.5) is 5.95 Å². The number of nitrogen functional groups attached to an aromatic ring is 1. The van der Waals surface area contributed by atoms with Crippen LogP contribution in [0, 0.1) is 13.8 Å². The number of carbonyl (C=O) groups excluding carboxylic acids is 1. The summed E-state index contributed by atoms with van der Waals surface area (Å²) in [4.78, 5) is 20.5. The van der Waals surface area contributed by atoms with Gasteiger partial charge in [-0.15, -0.1) is 5.10 Å². The molecule has 2 heterocycles. The van der Waals surface area contributed by atoms with Crippen molar-refractivity contribution >= 4 is 29.3 Å². The molecular formula is C17H18ClN5O2. The molecule has 130 valence electrons. The number of aryl methyl sites for hydroxylation is 2. The molecule has 0 amide bonds. The van der Waals surface area contributed by atoms with E-state index in [1.165, 1.54) is 0 Å². The van der Waals surface area contributed by atoms with Gasteiger partial charge in [-0.05, 0) is 43.5 Å². The lowest BCUT2D eigenvalue weighted by atomic mass is 10.1. The molecule has 0 atom stereocenters. The molecule has 2 N–H and O–H groups in total. The molecule has 25 heavy (non-hydrogen) atoms. The fourth-order valence-electron chi connectivity index (χ4n) is 2.63. The van der Waals surface area contributed by atoms with Gasteiger partial charge in [0, 0.05) is 22.8 Å². The van der Waals surface area contributed by atoms with Gasteiger partial charge in [0.05, 0.1) is 0 Å². The van der Waals surface area contributed by atoms with Gasteiger partial charge in [0.1, 0.15) is 6.61 Å². The first kappa shape index (κ1) is 17.2. The fraction of sp³-hybridized carbons (Fsp3) is 0.294. The molecule has 8 heteroatoms. The molecule has 0 saturated heterocycles. The van der Waals surface area contributed by atoms with Crippen molar-refractivity contribution in [3.05, 3.63) is 51.8 Å². The molecular weight excluding hydrogens is 342 g/mol. The zero-order chi connectivity index (χ0) is 18.0. The van der Waals surface area contributed by atoms with Gasteiger partial charge in [0.25, 0.3) is 5.78 Å². The Kier molecular flexibility index (Phi) is 4.85. The molecule has 0 fully saturated rings. The highest BCUT2D eigenvalue weighted by molar-refractivity contribution is 6.30. The van der Waals surface area contributed by atoms with E-state index in [-0.39, 0.29) is 24.9 Å². The molecule has 0 saturated carbocycles. The van der Waals surface area contributed by atoms with Gasteiger partial charge in [-0.3, -0.25) is 4.79 Å². The van der Waals surface area contributed by atoms with Gasteiger partial charge in [0.2, 0.25) is 5.95 Å². The third-order valence-electron chi connectivity index (χ3n) is 3.96. The van der Waals surface area contributed by atoms with Crippen LogP contribution in [0.25, 0.3) is 5.78 Å². The Morgan fingerprint density at radius 1 is 1.24 bits per heavy atom. The molecule has 3 rings (SSSR count). The Morgan fingerprint density at radius 2 is 1.96 bits per heavy atom. The number of esters is 1. The van der Waals surface area contributed by atoms with E-state index in [4.69, 9.17) is 22.1 Å². The van der Waals surface area contributed by atoms with Crippen LogP contribution in [0.2, 0.25) is 5.02 Å². The summed E-state index contributed by atoms with van der Waals surface area (Å²) in [6, 6.07) is 7.19. The second kappa shape index (κ2) is 7.06. The predicted octanol–water partition coefficient (Wildman–Crippen LogP) is 2.65. The zero-order valence-electron chi connectivity index (χ0n) is 14.0. The van der Waals surface area contributed by atoms with Crippen molar-refractivity contribution in [1.29, 1.82) is 0 Å². The van der Waals surface area contributed by atoms with Crippen molar-refractivity contribution in [3.63, 3.8) is 0 Å². The van der Waals surface area contributed by atoms with Crippen LogP contribution in [0.5, 0.6) is 0 Å². The van der Waals surface area contributed by atoms with Crippen LogP contribution < -0.4 is 5.73 Å². The molecule has 0 aliphatic heterocycles. The van der Waals surface area contributed by atoms with Gasteiger partial charge in [-0.2, -0.15) is 9.50 Å². The minimum absolute atomic E-state index is 0.175. The molecule has 0 aliphatic carbocycles. The summed E-state index contributed by atoms with van der Waals surface area (Å²) in [5, 5.41) is 4.77. The Morgan fingerprint density at radius 3 is 2.68 bits per heavy atom. The first-order valence-electron chi connectivity index (χ1n) is 7.82. The van der Waals surface area contributed by atoms with Crippen LogP contribution in [0.3, 0.4) is 0 Å². The molecule has 7 nitrogen and oxygen atoms in total. The van der Waals surface area contributed by atoms with Gasteiger partial charge in [-0.1, -0.05) is 23.7 Å². The second-order valence-electron chi connectivity index (χ2n) is 5.73. The first-order chi connectivity index (χ1) is 11.9. The number of hydrogen-bond acceptors (Lipinski definition) is 6. The average molecular weight is 360 g/mol. The van der Waals surface area contributed by atoms with Crippen molar-refractivity contribution in [2.45, 2.75) is 33.3 Å². The SMILES string of the molecule is Cc1nc2nc(N)nn2c(C)c1CCC(=O)OCc1ccc(Cl)cc1. The van der Waals surface area contributed by atoms with E-state index in [1.807, 2.05) is 26.0 Å². The van der Waals surface area contributed by atoms with Crippen molar-refractivity contribution in [3.8, 4) is 0 Å². The highest BCUT2D eigenvalue weighted by atomic mass is 35.5. The fourth-order valence-corrected chi connectivity index (χ4v) is 2.76. The maximum absolute atomic E-state index is 12.0. The average Bonchev–Trinajstić information content (AvgIpc) is 2.94. The van der Waals surface area contributed by atoms with E-state index in [1.54, 1.807) is 16.6 Å². The standard InChI is InChI=1S/C17H18ClN5O2/c1-10-14(11(2)23-17(20-10)21-16(19)22-23)7-8-15(24)25-9-12-3-5-13(18)6-4-12/h3-6H,7-9H2,1-2H3,(H2,19,22). The van der Waals surface area contributed by atoms with E-state index in [9.17, 15) is 4.79 Å². The first-order valence-corrected chi connectivity index (χ1v) is 8.20. The Labute approximate surface area is 149 Å². The largest absolute Gasteiger partial charge is 0.461 e. The smallest absolute Gasteiger partial charge is 0.306 e. The van der Waals surface area contributed by atoms with E-state index in [2.05, 4.69) is 15.1 Å². The van der Waals surface area contributed by atoms with Crippen LogP contribution in [-0.2, 0) is 22.6 Å². The molecule has 0 bridgehead atoms. The minimum Gasteiger partial charge on any atom is -0.461 e. The van der Waals surface area contributed by atoms with E-state index in [0.29, 0.717) is 17.2 Å². The lowest BCUT2D eigenvalue weighted by Crippen LogP contribution is -2.10. The molecule has 2 aromatic heterocycles. The third kappa shape index (κ3) is 3.88. The number of benzene rings is 1. The highest BCUT2D eigenvalue weighted by Crippen LogP contribution is 2.17. The monoisotopic (exact) mass is 359 g/mol. The summed E-state index contributed by atoms with van der Waals surface area (Å²) in [6.07, 6.45) is 0.770. The maximum atomic E-state index is 12.0.